The van der Waals surface area contributed by atoms with Gasteiger partial charge in [-0.15, -0.1) is 10.2 Å². The van der Waals surface area contributed by atoms with Gasteiger partial charge in [-0.05, 0) is 67.9 Å². The second-order valence-corrected chi connectivity index (χ2v) is 8.75. The molecule has 29 heavy (non-hydrogen) atoms. The first-order chi connectivity index (χ1) is 14.2. The van der Waals surface area contributed by atoms with Crippen LogP contribution in [-0.4, -0.2) is 21.4 Å². The highest BCUT2D eigenvalue weighted by Gasteiger charge is 2.15. The number of thiocarbonyl (C=S) groups is 1. The minimum atomic E-state index is 0.540. The Morgan fingerprint density at radius 3 is 2.48 bits per heavy atom. The molecule has 1 heterocycles. The Hall–Kier alpha value is -2.51. The minimum absolute atomic E-state index is 0.540. The number of hydrogen-bond donors (Lipinski definition) is 3. The fourth-order valence-electron chi connectivity index (χ4n) is 3.51. The van der Waals surface area contributed by atoms with Crippen molar-refractivity contribution in [2.24, 2.45) is 0 Å². The normalized spacial score (nSPS) is 14.4. The predicted molar refractivity (Wildman–Crippen MR) is 127 cm³/mol. The lowest BCUT2D eigenvalue weighted by molar-refractivity contribution is 0.462. The van der Waals surface area contributed by atoms with Crippen molar-refractivity contribution in [3.8, 4) is 10.6 Å². The van der Waals surface area contributed by atoms with Crippen LogP contribution < -0.4 is 16.0 Å². The van der Waals surface area contributed by atoms with E-state index in [2.05, 4.69) is 39.1 Å². The van der Waals surface area contributed by atoms with E-state index in [0.717, 1.165) is 32.6 Å². The SMILES string of the molecule is Cc1ccccc1NC(=S)Nc1ccc(-c2nnc(NC3CCCCC3)s2)cc1. The van der Waals surface area contributed by atoms with Crippen LogP contribution in [-0.2, 0) is 0 Å². The molecule has 2 aromatic carbocycles. The summed E-state index contributed by atoms with van der Waals surface area (Å²) in [5, 5.41) is 21.1. The highest BCUT2D eigenvalue weighted by molar-refractivity contribution is 7.80. The molecular weight excluding hydrogens is 398 g/mol. The highest BCUT2D eigenvalue weighted by Crippen LogP contribution is 2.29. The first-order valence-corrected chi connectivity index (χ1v) is 11.2. The first-order valence-electron chi connectivity index (χ1n) is 10.0. The zero-order valence-electron chi connectivity index (χ0n) is 16.4. The molecule has 0 radical (unpaired) electrons. The van der Waals surface area contributed by atoms with Crippen molar-refractivity contribution in [2.75, 3.05) is 16.0 Å². The predicted octanol–water partition coefficient (Wildman–Crippen LogP) is 6.07. The molecule has 7 heteroatoms. The van der Waals surface area contributed by atoms with Gasteiger partial charge in [-0.2, -0.15) is 0 Å². The lowest BCUT2D eigenvalue weighted by atomic mass is 9.96. The lowest BCUT2D eigenvalue weighted by Crippen LogP contribution is -2.21. The summed E-state index contributed by atoms with van der Waals surface area (Å²) in [6.07, 6.45) is 6.41. The quantitative estimate of drug-likeness (QED) is 0.433. The van der Waals surface area contributed by atoms with Gasteiger partial charge in [0.25, 0.3) is 0 Å². The van der Waals surface area contributed by atoms with Crippen LogP contribution >= 0.6 is 23.6 Å². The molecule has 3 aromatic rings. The minimum Gasteiger partial charge on any atom is -0.357 e. The van der Waals surface area contributed by atoms with Gasteiger partial charge >= 0.3 is 0 Å². The molecule has 1 saturated carbocycles. The molecule has 0 aliphatic heterocycles. The van der Waals surface area contributed by atoms with Crippen LogP contribution in [0.25, 0.3) is 10.6 Å². The third kappa shape index (κ3) is 5.31. The van der Waals surface area contributed by atoms with Crippen molar-refractivity contribution in [3.63, 3.8) is 0 Å². The largest absolute Gasteiger partial charge is 0.357 e. The summed E-state index contributed by atoms with van der Waals surface area (Å²) in [5.41, 5.74) is 4.15. The molecule has 1 aromatic heterocycles. The molecule has 5 nitrogen and oxygen atoms in total. The molecular formula is C22H25N5S2. The second kappa shape index (κ2) is 9.33. The maximum atomic E-state index is 5.43. The molecule has 1 fully saturated rings. The summed E-state index contributed by atoms with van der Waals surface area (Å²) in [5.74, 6) is 0. The number of benzene rings is 2. The van der Waals surface area contributed by atoms with Gasteiger partial charge in [0, 0.05) is 23.0 Å². The van der Waals surface area contributed by atoms with Crippen molar-refractivity contribution < 1.29 is 0 Å². The van der Waals surface area contributed by atoms with Crippen LogP contribution in [0.4, 0.5) is 16.5 Å². The van der Waals surface area contributed by atoms with Crippen LogP contribution in [0, 0.1) is 6.92 Å². The zero-order valence-corrected chi connectivity index (χ0v) is 18.1. The van der Waals surface area contributed by atoms with Crippen molar-refractivity contribution in [3.05, 3.63) is 54.1 Å². The van der Waals surface area contributed by atoms with Crippen LogP contribution in [0.2, 0.25) is 0 Å². The van der Waals surface area contributed by atoms with E-state index < -0.39 is 0 Å². The van der Waals surface area contributed by atoms with Gasteiger partial charge in [-0.25, -0.2) is 0 Å². The second-order valence-electron chi connectivity index (χ2n) is 7.36. The molecule has 1 aliphatic rings. The molecule has 4 rings (SSSR count). The third-order valence-electron chi connectivity index (χ3n) is 5.14. The zero-order chi connectivity index (χ0) is 20.1. The monoisotopic (exact) mass is 423 g/mol. The summed E-state index contributed by atoms with van der Waals surface area (Å²) in [4.78, 5) is 0. The van der Waals surface area contributed by atoms with Crippen molar-refractivity contribution in [1.82, 2.24) is 10.2 Å². The van der Waals surface area contributed by atoms with E-state index in [1.807, 2.05) is 42.5 Å². The van der Waals surface area contributed by atoms with E-state index in [9.17, 15) is 0 Å². The number of nitrogens with one attached hydrogen (secondary N) is 3. The average Bonchev–Trinajstić information content (AvgIpc) is 3.19. The lowest BCUT2D eigenvalue weighted by Gasteiger charge is -2.21. The summed E-state index contributed by atoms with van der Waals surface area (Å²) in [7, 11) is 0. The Morgan fingerprint density at radius 1 is 0.966 bits per heavy atom. The maximum Gasteiger partial charge on any atom is 0.206 e. The van der Waals surface area contributed by atoms with Gasteiger partial charge in [-0.3, -0.25) is 0 Å². The maximum absolute atomic E-state index is 5.43. The molecule has 3 N–H and O–H groups in total. The number of rotatable bonds is 5. The Morgan fingerprint density at radius 2 is 1.72 bits per heavy atom. The third-order valence-corrected chi connectivity index (χ3v) is 6.25. The van der Waals surface area contributed by atoms with Crippen molar-refractivity contribution in [2.45, 2.75) is 45.1 Å². The van der Waals surface area contributed by atoms with Gasteiger partial charge in [0.15, 0.2) is 5.11 Å². The number of aryl methyl sites for hydroxylation is 1. The van der Waals surface area contributed by atoms with Crippen LogP contribution in [0.5, 0.6) is 0 Å². The number of hydrogen-bond acceptors (Lipinski definition) is 5. The Bertz CT molecular complexity index is 961. The standard InChI is InChI=1S/C22H25N5S2/c1-15-7-5-6-10-19(15)25-21(28)23-18-13-11-16(12-14-18)20-26-27-22(29-20)24-17-8-3-2-4-9-17/h5-7,10-14,17H,2-4,8-9H2,1H3,(H,24,27)(H2,23,25,28). The molecule has 0 amide bonds. The van der Waals surface area contributed by atoms with E-state index in [1.54, 1.807) is 11.3 Å². The summed E-state index contributed by atoms with van der Waals surface area (Å²) < 4.78 is 0. The van der Waals surface area contributed by atoms with Gasteiger partial charge in [0.2, 0.25) is 5.13 Å². The van der Waals surface area contributed by atoms with Crippen molar-refractivity contribution >= 4 is 45.2 Å². The molecule has 0 bridgehead atoms. The smallest absolute Gasteiger partial charge is 0.206 e. The van der Waals surface area contributed by atoms with Gasteiger partial charge in [0.05, 0.1) is 0 Å². The Kier molecular flexibility index (Phi) is 6.36. The molecule has 0 unspecified atom stereocenters. The van der Waals surface area contributed by atoms with Crippen LogP contribution in [0.3, 0.4) is 0 Å². The number of nitrogens with zero attached hydrogens (tertiary/aromatic N) is 2. The fraction of sp³-hybridized carbons (Fsp3) is 0.318. The van der Waals surface area contributed by atoms with E-state index in [4.69, 9.17) is 12.2 Å². The molecule has 1 aliphatic carbocycles. The average molecular weight is 424 g/mol. The van der Waals surface area contributed by atoms with E-state index in [0.29, 0.717) is 11.2 Å². The van der Waals surface area contributed by atoms with Gasteiger partial charge < -0.3 is 16.0 Å². The highest BCUT2D eigenvalue weighted by atomic mass is 32.1. The number of para-hydroxylation sites is 1. The Balaban J connectivity index is 1.35. The van der Waals surface area contributed by atoms with Crippen LogP contribution in [0.1, 0.15) is 37.7 Å². The Labute approximate surface area is 181 Å². The summed E-state index contributed by atoms with van der Waals surface area (Å²) in [6.45, 7) is 2.05. The molecule has 0 atom stereocenters. The van der Waals surface area contributed by atoms with E-state index in [-0.39, 0.29) is 0 Å². The molecule has 150 valence electrons. The van der Waals surface area contributed by atoms with E-state index >= 15 is 0 Å². The van der Waals surface area contributed by atoms with E-state index in [1.165, 1.54) is 32.1 Å². The van der Waals surface area contributed by atoms with Gasteiger partial charge in [0.1, 0.15) is 5.01 Å². The summed E-state index contributed by atoms with van der Waals surface area (Å²) >= 11 is 7.05. The summed E-state index contributed by atoms with van der Waals surface area (Å²) in [6, 6.07) is 16.7. The molecule has 0 saturated heterocycles. The van der Waals surface area contributed by atoms with Crippen LogP contribution in [0.15, 0.2) is 48.5 Å². The molecule has 0 spiro atoms. The van der Waals surface area contributed by atoms with Gasteiger partial charge in [-0.1, -0.05) is 48.8 Å². The number of anilines is 3. The first kappa shape index (κ1) is 19.8. The fourth-order valence-corrected chi connectivity index (χ4v) is 4.57. The van der Waals surface area contributed by atoms with Crippen molar-refractivity contribution in [1.29, 1.82) is 0 Å². The number of aromatic nitrogens is 2. The topological polar surface area (TPSA) is 61.9 Å².